The van der Waals surface area contributed by atoms with Crippen molar-refractivity contribution in [2.75, 3.05) is 13.1 Å². The van der Waals surface area contributed by atoms with E-state index in [0.29, 0.717) is 5.92 Å². The lowest BCUT2D eigenvalue weighted by molar-refractivity contribution is -0.137. The van der Waals surface area contributed by atoms with Crippen molar-refractivity contribution in [3.8, 4) is 0 Å². The minimum atomic E-state index is -0.501. The van der Waals surface area contributed by atoms with Gasteiger partial charge in [0.25, 0.3) is 0 Å². The second-order valence-corrected chi connectivity index (χ2v) is 7.06. The fraction of sp³-hybridized carbons (Fsp3) is 0.474. The molecule has 1 atom stereocenters. The van der Waals surface area contributed by atoms with Crippen molar-refractivity contribution in [3.63, 3.8) is 0 Å². The third-order valence-electron chi connectivity index (χ3n) is 4.92. The van der Waals surface area contributed by atoms with Crippen molar-refractivity contribution in [1.29, 1.82) is 0 Å². The SMILES string of the molecule is Cc1ccc(C(C)(C)C(=O)N2CCCC(c3ncc[nH]3)C2)cc1. The van der Waals surface area contributed by atoms with Crippen LogP contribution in [0, 0.1) is 6.92 Å². The molecule has 1 aliphatic heterocycles. The Kier molecular flexibility index (Phi) is 4.24. The van der Waals surface area contributed by atoms with E-state index in [4.69, 9.17) is 0 Å². The van der Waals surface area contributed by atoms with Crippen molar-refractivity contribution < 1.29 is 4.79 Å². The highest BCUT2D eigenvalue weighted by atomic mass is 16.2. The van der Waals surface area contributed by atoms with Crippen LogP contribution in [-0.4, -0.2) is 33.9 Å². The van der Waals surface area contributed by atoms with E-state index in [0.717, 1.165) is 37.3 Å². The Morgan fingerprint density at radius 1 is 1.30 bits per heavy atom. The average Bonchev–Trinajstić information content (AvgIpc) is 3.09. The molecule has 0 spiro atoms. The van der Waals surface area contributed by atoms with Crippen LogP contribution >= 0.6 is 0 Å². The molecule has 1 aliphatic rings. The Labute approximate surface area is 137 Å². The Bertz CT molecular complexity index is 658. The molecule has 0 saturated carbocycles. The van der Waals surface area contributed by atoms with Crippen molar-refractivity contribution in [2.45, 2.75) is 44.9 Å². The number of aryl methyl sites for hydroxylation is 1. The summed E-state index contributed by atoms with van der Waals surface area (Å²) in [6.07, 6.45) is 5.75. The molecule has 1 aromatic heterocycles. The third kappa shape index (κ3) is 3.16. The number of aromatic nitrogens is 2. The van der Waals surface area contributed by atoms with E-state index in [9.17, 15) is 4.79 Å². The third-order valence-corrected chi connectivity index (χ3v) is 4.92. The molecular formula is C19H25N3O. The lowest BCUT2D eigenvalue weighted by atomic mass is 9.82. The molecule has 1 amide bonds. The normalized spacial score (nSPS) is 18.9. The minimum Gasteiger partial charge on any atom is -0.348 e. The van der Waals surface area contributed by atoms with Crippen LogP contribution in [-0.2, 0) is 10.2 Å². The summed E-state index contributed by atoms with van der Waals surface area (Å²) >= 11 is 0. The van der Waals surface area contributed by atoms with Gasteiger partial charge in [-0.15, -0.1) is 0 Å². The molecule has 1 N–H and O–H groups in total. The fourth-order valence-corrected chi connectivity index (χ4v) is 3.37. The van der Waals surface area contributed by atoms with Crippen LogP contribution in [0.4, 0.5) is 0 Å². The topological polar surface area (TPSA) is 49.0 Å². The number of H-pyrrole nitrogens is 1. The number of rotatable bonds is 3. The molecule has 4 heteroatoms. The van der Waals surface area contributed by atoms with E-state index in [2.05, 4.69) is 41.2 Å². The Balaban J connectivity index is 1.77. The van der Waals surface area contributed by atoms with Gasteiger partial charge in [-0.05, 0) is 39.2 Å². The highest BCUT2D eigenvalue weighted by Crippen LogP contribution is 2.30. The van der Waals surface area contributed by atoms with E-state index in [1.54, 1.807) is 6.20 Å². The van der Waals surface area contributed by atoms with Crippen molar-refractivity contribution in [1.82, 2.24) is 14.9 Å². The number of carbonyl (C=O) groups is 1. The maximum absolute atomic E-state index is 13.1. The molecule has 122 valence electrons. The van der Waals surface area contributed by atoms with Gasteiger partial charge in [-0.1, -0.05) is 29.8 Å². The largest absolute Gasteiger partial charge is 0.348 e. The lowest BCUT2D eigenvalue weighted by Crippen LogP contribution is -2.47. The standard InChI is InChI=1S/C19H25N3O/c1-14-6-8-16(9-7-14)19(2,3)18(23)22-12-4-5-15(13-22)17-20-10-11-21-17/h6-11,15H,4-5,12-13H2,1-3H3,(H,20,21). The van der Waals surface area contributed by atoms with Gasteiger partial charge >= 0.3 is 0 Å². The van der Waals surface area contributed by atoms with E-state index in [-0.39, 0.29) is 5.91 Å². The van der Waals surface area contributed by atoms with Gasteiger partial charge < -0.3 is 9.88 Å². The fourth-order valence-electron chi connectivity index (χ4n) is 3.37. The highest BCUT2D eigenvalue weighted by Gasteiger charge is 2.36. The number of piperidine rings is 1. The van der Waals surface area contributed by atoms with Gasteiger partial charge in [-0.2, -0.15) is 0 Å². The zero-order valence-electron chi connectivity index (χ0n) is 14.2. The predicted octanol–water partition coefficient (Wildman–Crippen LogP) is 3.40. The second kappa shape index (κ2) is 6.19. The summed E-state index contributed by atoms with van der Waals surface area (Å²) in [7, 11) is 0. The zero-order valence-corrected chi connectivity index (χ0v) is 14.2. The molecule has 3 rings (SSSR count). The second-order valence-electron chi connectivity index (χ2n) is 7.06. The Morgan fingerprint density at radius 3 is 2.70 bits per heavy atom. The van der Waals surface area contributed by atoms with Crippen molar-refractivity contribution in [3.05, 3.63) is 53.6 Å². The van der Waals surface area contributed by atoms with Crippen LogP contribution in [0.25, 0.3) is 0 Å². The van der Waals surface area contributed by atoms with Crippen LogP contribution in [0.5, 0.6) is 0 Å². The van der Waals surface area contributed by atoms with Gasteiger partial charge in [0.1, 0.15) is 5.82 Å². The highest BCUT2D eigenvalue weighted by molar-refractivity contribution is 5.87. The van der Waals surface area contributed by atoms with E-state index < -0.39 is 5.41 Å². The Hall–Kier alpha value is -2.10. The smallest absolute Gasteiger partial charge is 0.232 e. The number of carbonyl (C=O) groups excluding carboxylic acids is 1. The molecule has 0 aliphatic carbocycles. The zero-order chi connectivity index (χ0) is 16.4. The summed E-state index contributed by atoms with van der Waals surface area (Å²) in [5.74, 6) is 1.52. The number of imidazole rings is 1. The first-order chi connectivity index (χ1) is 11.0. The molecule has 1 fully saturated rings. The molecule has 1 aromatic carbocycles. The summed E-state index contributed by atoms with van der Waals surface area (Å²) in [4.78, 5) is 22.7. The van der Waals surface area contributed by atoms with Gasteiger partial charge in [0.05, 0.1) is 5.41 Å². The monoisotopic (exact) mass is 311 g/mol. The number of nitrogens with zero attached hydrogens (tertiary/aromatic N) is 2. The molecule has 0 bridgehead atoms. The van der Waals surface area contributed by atoms with Gasteiger partial charge in [-0.3, -0.25) is 4.79 Å². The van der Waals surface area contributed by atoms with Gasteiger partial charge in [0.15, 0.2) is 0 Å². The summed E-state index contributed by atoms with van der Waals surface area (Å²) in [6.45, 7) is 7.71. The number of benzene rings is 1. The van der Waals surface area contributed by atoms with E-state index >= 15 is 0 Å². The first-order valence-electron chi connectivity index (χ1n) is 8.34. The van der Waals surface area contributed by atoms with Gasteiger partial charge in [0.2, 0.25) is 5.91 Å². The van der Waals surface area contributed by atoms with Gasteiger partial charge in [0, 0.05) is 31.4 Å². The van der Waals surface area contributed by atoms with Crippen LogP contribution in [0.1, 0.15) is 49.6 Å². The number of amides is 1. The van der Waals surface area contributed by atoms with Crippen LogP contribution in [0.15, 0.2) is 36.7 Å². The number of hydrogen-bond acceptors (Lipinski definition) is 2. The predicted molar refractivity (Wildman–Crippen MR) is 91.3 cm³/mol. The summed E-state index contributed by atoms with van der Waals surface area (Å²) in [5, 5.41) is 0. The molecule has 1 saturated heterocycles. The number of nitrogens with one attached hydrogen (secondary N) is 1. The van der Waals surface area contributed by atoms with Crippen LogP contribution in [0.3, 0.4) is 0 Å². The van der Waals surface area contributed by atoms with Gasteiger partial charge in [-0.25, -0.2) is 4.98 Å². The Morgan fingerprint density at radius 2 is 2.04 bits per heavy atom. The van der Waals surface area contributed by atoms with E-state index in [1.807, 2.05) is 24.9 Å². The van der Waals surface area contributed by atoms with Crippen LogP contribution < -0.4 is 0 Å². The molecular weight excluding hydrogens is 286 g/mol. The molecule has 2 heterocycles. The molecule has 2 aromatic rings. The molecule has 23 heavy (non-hydrogen) atoms. The molecule has 4 nitrogen and oxygen atoms in total. The summed E-state index contributed by atoms with van der Waals surface area (Å²) in [5.41, 5.74) is 1.79. The first kappa shape index (κ1) is 15.8. The molecule has 0 radical (unpaired) electrons. The summed E-state index contributed by atoms with van der Waals surface area (Å²) in [6, 6.07) is 8.29. The molecule has 1 unspecified atom stereocenters. The number of hydrogen-bond donors (Lipinski definition) is 1. The average molecular weight is 311 g/mol. The first-order valence-corrected chi connectivity index (χ1v) is 8.34. The van der Waals surface area contributed by atoms with Crippen LogP contribution in [0.2, 0.25) is 0 Å². The number of aromatic amines is 1. The maximum Gasteiger partial charge on any atom is 0.232 e. The van der Waals surface area contributed by atoms with E-state index in [1.165, 1.54) is 5.56 Å². The lowest BCUT2D eigenvalue weighted by Gasteiger charge is -2.37. The number of likely N-dealkylation sites (tertiary alicyclic amines) is 1. The maximum atomic E-state index is 13.1. The van der Waals surface area contributed by atoms with Crippen molar-refractivity contribution in [2.24, 2.45) is 0 Å². The summed E-state index contributed by atoms with van der Waals surface area (Å²) < 4.78 is 0. The quantitative estimate of drug-likeness (QED) is 0.944. The minimum absolute atomic E-state index is 0.206. The van der Waals surface area contributed by atoms with Crippen molar-refractivity contribution >= 4 is 5.91 Å².